The zero-order valence-electron chi connectivity index (χ0n) is 20.1. The number of phenolic OH excluding ortho intramolecular Hbond substituents is 1. The number of aromatic hydroxyl groups is 1. The van der Waals surface area contributed by atoms with Crippen molar-refractivity contribution in [1.29, 1.82) is 0 Å². The highest BCUT2D eigenvalue weighted by atomic mass is 16.5. The first-order valence-electron chi connectivity index (χ1n) is 12.0. The van der Waals surface area contributed by atoms with Gasteiger partial charge in [0.05, 0.1) is 25.2 Å². The number of methoxy groups -OCH3 is 1. The maximum atomic E-state index is 13.5. The van der Waals surface area contributed by atoms with Gasteiger partial charge in [-0.2, -0.15) is 4.90 Å². The van der Waals surface area contributed by atoms with Crippen molar-refractivity contribution in [2.24, 2.45) is 23.7 Å². The van der Waals surface area contributed by atoms with Crippen molar-refractivity contribution >= 4 is 29.5 Å². The van der Waals surface area contributed by atoms with Crippen LogP contribution in [0.1, 0.15) is 25.3 Å². The van der Waals surface area contributed by atoms with Gasteiger partial charge in [0.1, 0.15) is 11.5 Å². The summed E-state index contributed by atoms with van der Waals surface area (Å²) in [6, 6.07) is 4.77. The molecular weight excluding hydrogens is 478 g/mol. The number of Topliss-reactive ketones (excluding diaryl/α,β-unsaturated/α-hetero) is 1. The van der Waals surface area contributed by atoms with Gasteiger partial charge < -0.3 is 14.6 Å². The molecule has 1 aromatic rings. The lowest BCUT2D eigenvalue weighted by Crippen LogP contribution is -2.42. The zero-order chi connectivity index (χ0) is 26.2. The Bertz CT molecular complexity index is 1460. The second kappa shape index (κ2) is 8.12. The van der Waals surface area contributed by atoms with E-state index in [4.69, 9.17) is 4.74 Å². The Kier molecular flexibility index (Phi) is 5.08. The molecule has 2 heterocycles. The molecule has 3 amide bonds. The van der Waals surface area contributed by atoms with Crippen LogP contribution in [0.25, 0.3) is 0 Å². The Labute approximate surface area is 211 Å². The van der Waals surface area contributed by atoms with Gasteiger partial charge in [-0.1, -0.05) is 11.6 Å². The molecule has 0 spiro atoms. The van der Waals surface area contributed by atoms with Crippen LogP contribution in [0.3, 0.4) is 0 Å². The number of hydrogen-bond donors (Lipinski definition) is 1. The van der Waals surface area contributed by atoms with E-state index in [2.05, 4.69) is 4.74 Å². The number of nitrogens with zero attached hydrogens (tertiary/aromatic N) is 1. The van der Waals surface area contributed by atoms with E-state index < -0.39 is 41.6 Å². The number of allylic oxidation sites excluding steroid dienone is 7. The maximum Gasteiger partial charge on any atom is 0.423 e. The van der Waals surface area contributed by atoms with E-state index in [0.717, 1.165) is 18.2 Å². The number of carbonyl (C=O) groups is 5. The lowest BCUT2D eigenvalue weighted by molar-refractivity contribution is -0.137. The molecule has 188 valence electrons. The van der Waals surface area contributed by atoms with Gasteiger partial charge in [-0.25, -0.2) is 4.79 Å². The Morgan fingerprint density at radius 2 is 1.92 bits per heavy atom. The molecule has 6 rings (SSSR count). The summed E-state index contributed by atoms with van der Waals surface area (Å²) in [6.45, 7) is 1.60. The first kappa shape index (κ1) is 23.1. The molecule has 0 aromatic heterocycles. The zero-order valence-corrected chi connectivity index (χ0v) is 20.1. The van der Waals surface area contributed by atoms with Crippen molar-refractivity contribution in [1.82, 2.24) is 4.90 Å². The summed E-state index contributed by atoms with van der Waals surface area (Å²) in [5, 5.41) is 10.0. The molecule has 4 atom stereocenters. The number of imide groups is 3. The molecule has 3 aliphatic carbocycles. The van der Waals surface area contributed by atoms with Crippen molar-refractivity contribution in [2.45, 2.75) is 26.2 Å². The van der Waals surface area contributed by atoms with Gasteiger partial charge in [0.15, 0.2) is 11.6 Å². The smallest absolute Gasteiger partial charge is 0.423 e. The number of rotatable bonds is 1. The van der Waals surface area contributed by atoms with Crippen LogP contribution in [-0.2, 0) is 30.3 Å². The maximum absolute atomic E-state index is 13.5. The van der Waals surface area contributed by atoms with Gasteiger partial charge in [0.25, 0.3) is 0 Å². The molecule has 0 radical (unpaired) electrons. The van der Waals surface area contributed by atoms with E-state index in [-0.39, 0.29) is 30.2 Å². The highest BCUT2D eigenvalue weighted by Crippen LogP contribution is 2.54. The number of hydrogen-bond acceptors (Lipinski definition) is 8. The van der Waals surface area contributed by atoms with Crippen LogP contribution < -0.4 is 4.74 Å². The van der Waals surface area contributed by atoms with Gasteiger partial charge in [-0.3, -0.25) is 19.2 Å². The number of ketones is 2. The molecule has 0 bridgehead atoms. The molecule has 1 saturated heterocycles. The van der Waals surface area contributed by atoms with Gasteiger partial charge >= 0.3 is 6.09 Å². The number of likely N-dealkylation sites (tertiary alicyclic amines) is 1. The van der Waals surface area contributed by atoms with Crippen LogP contribution in [0.15, 0.2) is 64.5 Å². The summed E-state index contributed by atoms with van der Waals surface area (Å²) < 4.78 is 10.5. The third kappa shape index (κ3) is 3.26. The molecule has 9 heteroatoms. The Balaban J connectivity index is 1.48. The molecule has 9 nitrogen and oxygen atoms in total. The number of fused-ring (bicyclic) bond motifs is 4. The molecule has 5 aliphatic rings. The molecule has 1 aromatic carbocycles. The molecule has 1 fully saturated rings. The fraction of sp³-hybridized carbons (Fsp3) is 0.321. The lowest BCUT2D eigenvalue weighted by atomic mass is 9.58. The second-order valence-electron chi connectivity index (χ2n) is 9.99. The fourth-order valence-electron chi connectivity index (χ4n) is 6.44. The third-order valence-electron chi connectivity index (χ3n) is 8.07. The van der Waals surface area contributed by atoms with E-state index in [1.165, 1.54) is 12.1 Å². The average Bonchev–Trinajstić information content (AvgIpc) is 3.15. The minimum absolute atomic E-state index is 0.0745. The van der Waals surface area contributed by atoms with Gasteiger partial charge in [-0.15, -0.1) is 0 Å². The molecular formula is C28H23NO8. The topological polar surface area (TPSA) is 127 Å². The molecule has 0 saturated carbocycles. The third-order valence-corrected chi connectivity index (χ3v) is 8.07. The number of phenols is 1. The highest BCUT2D eigenvalue weighted by molar-refractivity contribution is 6.23. The number of benzene rings is 1. The van der Waals surface area contributed by atoms with Crippen molar-refractivity contribution in [3.05, 3.63) is 70.0 Å². The number of ether oxygens (including phenoxy) is 2. The Morgan fingerprint density at radius 3 is 2.68 bits per heavy atom. The van der Waals surface area contributed by atoms with Crippen LogP contribution >= 0.6 is 0 Å². The van der Waals surface area contributed by atoms with Crippen LogP contribution in [0.4, 0.5) is 4.79 Å². The Morgan fingerprint density at radius 1 is 1.14 bits per heavy atom. The Hall–Kier alpha value is -4.27. The van der Waals surface area contributed by atoms with E-state index in [1.807, 2.05) is 6.08 Å². The van der Waals surface area contributed by atoms with E-state index in [9.17, 15) is 29.1 Å². The van der Waals surface area contributed by atoms with Gasteiger partial charge in [0.2, 0.25) is 11.8 Å². The summed E-state index contributed by atoms with van der Waals surface area (Å²) >= 11 is 0. The van der Waals surface area contributed by atoms with Crippen molar-refractivity contribution in [3.8, 4) is 11.5 Å². The van der Waals surface area contributed by atoms with Crippen molar-refractivity contribution < 1.29 is 38.6 Å². The van der Waals surface area contributed by atoms with Crippen LogP contribution in [-0.4, -0.2) is 46.6 Å². The first-order chi connectivity index (χ1) is 17.7. The van der Waals surface area contributed by atoms with E-state index in [1.54, 1.807) is 25.3 Å². The number of amides is 3. The highest BCUT2D eigenvalue weighted by Gasteiger charge is 2.58. The summed E-state index contributed by atoms with van der Waals surface area (Å²) in [4.78, 5) is 65.8. The predicted octanol–water partition coefficient (Wildman–Crippen LogP) is 2.94. The van der Waals surface area contributed by atoms with Gasteiger partial charge in [0, 0.05) is 34.6 Å². The minimum atomic E-state index is -1.03. The molecule has 37 heavy (non-hydrogen) atoms. The lowest BCUT2D eigenvalue weighted by Gasteiger charge is -2.43. The largest absolute Gasteiger partial charge is 0.508 e. The van der Waals surface area contributed by atoms with E-state index in [0.29, 0.717) is 39.4 Å². The summed E-state index contributed by atoms with van der Waals surface area (Å²) in [5.41, 5.74) is 3.22. The number of carbonyl (C=O) groups excluding carboxylic acids is 5. The predicted molar refractivity (Wildman–Crippen MR) is 127 cm³/mol. The molecule has 1 N–H and O–H groups in total. The first-order valence-corrected chi connectivity index (χ1v) is 12.0. The van der Waals surface area contributed by atoms with Crippen molar-refractivity contribution in [2.75, 3.05) is 7.11 Å². The SMILES string of the molecule is COC(=O)N1C(=O)C2CC=C3C(C4=COc5ccc(O)cc5C4)C4=C(CC3C2C1=O)C(=O)C=C(C)C4=O. The van der Waals surface area contributed by atoms with Crippen LogP contribution in [0.2, 0.25) is 0 Å². The van der Waals surface area contributed by atoms with Crippen LogP contribution in [0.5, 0.6) is 11.5 Å². The van der Waals surface area contributed by atoms with Gasteiger partial charge in [-0.05, 0) is 55.5 Å². The molecule has 2 aliphatic heterocycles. The monoisotopic (exact) mass is 501 g/mol. The van der Waals surface area contributed by atoms with Crippen molar-refractivity contribution in [3.63, 3.8) is 0 Å². The summed E-state index contributed by atoms with van der Waals surface area (Å²) in [6.07, 6.45) is 4.42. The summed E-state index contributed by atoms with van der Waals surface area (Å²) in [7, 11) is 1.11. The standard InChI is InChI=1S/C28H23NO8/c1-12-7-20(31)19-10-18-16(4-5-17-23(18)27(34)29(26(17)33)28(35)36-2)22(24(19)25(12)32)14-8-13-9-15(30)3-6-21(13)37-11-14/h3-4,6-7,9,11,17-18,22-23,30H,5,8,10H2,1-2H3. The average molecular weight is 501 g/mol. The minimum Gasteiger partial charge on any atom is -0.508 e. The fourth-order valence-corrected chi connectivity index (χ4v) is 6.44. The second-order valence-corrected chi connectivity index (χ2v) is 9.99. The summed E-state index contributed by atoms with van der Waals surface area (Å²) in [5.74, 6) is -3.93. The molecule has 4 unspecified atom stereocenters. The van der Waals surface area contributed by atoms with Crippen LogP contribution in [0, 0.1) is 23.7 Å². The van der Waals surface area contributed by atoms with E-state index >= 15 is 0 Å². The quantitative estimate of drug-likeness (QED) is 0.354. The normalized spacial score (nSPS) is 28.4.